The summed E-state index contributed by atoms with van der Waals surface area (Å²) in [7, 11) is 0. The highest BCUT2D eigenvalue weighted by Gasteiger charge is 2.22. The van der Waals surface area contributed by atoms with Gasteiger partial charge < -0.3 is 20.5 Å². The lowest BCUT2D eigenvalue weighted by molar-refractivity contribution is -0.118. The lowest BCUT2D eigenvalue weighted by atomic mass is 10.1. The maximum Gasteiger partial charge on any atom is 0.408 e. The van der Waals surface area contributed by atoms with Gasteiger partial charge in [-0.2, -0.15) is 5.10 Å². The van der Waals surface area contributed by atoms with Crippen LogP contribution in [0.3, 0.4) is 0 Å². The Bertz CT molecular complexity index is 1320. The van der Waals surface area contributed by atoms with Gasteiger partial charge in [0.1, 0.15) is 12.6 Å². The molecule has 0 radical (unpaired) electrons. The number of aryl methyl sites for hydroxylation is 2. The van der Waals surface area contributed by atoms with Crippen LogP contribution in [0.25, 0.3) is 16.6 Å². The molecule has 4 aromatic rings. The fourth-order valence-corrected chi connectivity index (χ4v) is 3.61. The number of carbonyl (C=O) groups is 2. The molecule has 0 saturated heterocycles. The number of anilines is 1. The molecule has 0 bridgehead atoms. The van der Waals surface area contributed by atoms with Crippen LogP contribution in [0.1, 0.15) is 16.7 Å². The predicted octanol–water partition coefficient (Wildman–Crippen LogP) is 3.87. The molecule has 0 aliphatic carbocycles. The van der Waals surface area contributed by atoms with E-state index in [4.69, 9.17) is 4.74 Å². The fourth-order valence-electron chi connectivity index (χ4n) is 3.61. The number of alkyl carbamates (subject to hydrolysis) is 1. The van der Waals surface area contributed by atoms with Crippen molar-refractivity contribution in [2.24, 2.45) is 0 Å². The first-order valence-electron chi connectivity index (χ1n) is 10.9. The number of hydrogen-bond donors (Lipinski definition) is 3. The van der Waals surface area contributed by atoms with Crippen molar-refractivity contribution in [3.05, 3.63) is 89.6 Å². The molecule has 0 unspecified atom stereocenters. The Morgan fingerprint density at radius 1 is 1.06 bits per heavy atom. The highest BCUT2D eigenvalue weighted by Crippen LogP contribution is 2.26. The topological polar surface area (TPSA) is 105 Å². The van der Waals surface area contributed by atoms with Crippen LogP contribution in [-0.4, -0.2) is 39.5 Å². The van der Waals surface area contributed by atoms with Crippen molar-refractivity contribution in [1.29, 1.82) is 0 Å². The average molecular weight is 459 g/mol. The number of aliphatic hydroxyl groups is 1. The summed E-state index contributed by atoms with van der Waals surface area (Å²) in [5.41, 5.74) is 5.04. The van der Waals surface area contributed by atoms with Crippen LogP contribution < -0.4 is 10.6 Å². The maximum atomic E-state index is 12.8. The summed E-state index contributed by atoms with van der Waals surface area (Å²) in [5.74, 6) is -0.553. The van der Waals surface area contributed by atoms with Crippen molar-refractivity contribution in [2.45, 2.75) is 26.5 Å². The number of amides is 2. The van der Waals surface area contributed by atoms with Crippen molar-refractivity contribution in [3.8, 4) is 5.69 Å². The Kier molecular flexibility index (Phi) is 6.89. The van der Waals surface area contributed by atoms with Crippen molar-refractivity contribution in [1.82, 2.24) is 15.1 Å². The van der Waals surface area contributed by atoms with Gasteiger partial charge in [-0.3, -0.25) is 4.79 Å². The van der Waals surface area contributed by atoms with Crippen LogP contribution in [0.4, 0.5) is 10.5 Å². The Labute approximate surface area is 197 Å². The molecule has 3 N–H and O–H groups in total. The Morgan fingerprint density at radius 3 is 2.59 bits per heavy atom. The van der Waals surface area contributed by atoms with Crippen molar-refractivity contribution >= 4 is 28.6 Å². The first kappa shape index (κ1) is 23.0. The monoisotopic (exact) mass is 458 g/mol. The van der Waals surface area contributed by atoms with Gasteiger partial charge >= 0.3 is 6.09 Å². The van der Waals surface area contributed by atoms with Gasteiger partial charge in [-0.1, -0.05) is 42.5 Å². The summed E-state index contributed by atoms with van der Waals surface area (Å²) in [6.07, 6.45) is 0.986. The molecule has 174 valence electrons. The molecule has 1 heterocycles. The first-order chi connectivity index (χ1) is 16.4. The number of nitrogens with zero attached hydrogens (tertiary/aromatic N) is 2. The van der Waals surface area contributed by atoms with Crippen molar-refractivity contribution in [2.75, 3.05) is 11.9 Å². The van der Waals surface area contributed by atoms with Crippen LogP contribution in [0, 0.1) is 13.8 Å². The summed E-state index contributed by atoms with van der Waals surface area (Å²) in [6.45, 7) is 3.37. The molecular formula is C26H26N4O4. The van der Waals surface area contributed by atoms with Gasteiger partial charge in [0.05, 0.1) is 24.0 Å². The lowest BCUT2D eigenvalue weighted by Crippen LogP contribution is -2.46. The quantitative estimate of drug-likeness (QED) is 0.390. The van der Waals surface area contributed by atoms with Crippen molar-refractivity contribution in [3.63, 3.8) is 0 Å². The standard InChI is InChI=1S/C26H26N4O4/c1-17-7-6-10-21(11-17)30-24-13-22(18(2)12-20(24)14-27-30)28-25(32)23(15-31)29-26(33)34-16-19-8-4-3-5-9-19/h3-14,23,31H,15-16H2,1-2H3,(H,28,32)(H,29,33)/t23-/m0/s1. The third-order valence-corrected chi connectivity index (χ3v) is 5.42. The number of hydrogen-bond acceptors (Lipinski definition) is 5. The molecule has 0 saturated carbocycles. The summed E-state index contributed by atoms with van der Waals surface area (Å²) in [6, 6.07) is 19.7. The van der Waals surface area contributed by atoms with E-state index >= 15 is 0 Å². The molecule has 0 aliphatic heterocycles. The molecule has 0 fully saturated rings. The van der Waals surface area contributed by atoms with Crippen molar-refractivity contribution < 1.29 is 19.4 Å². The van der Waals surface area contributed by atoms with Gasteiger partial charge in [0.25, 0.3) is 0 Å². The fraction of sp³-hybridized carbons (Fsp3) is 0.192. The molecule has 34 heavy (non-hydrogen) atoms. The molecule has 0 spiro atoms. The number of ether oxygens (including phenoxy) is 1. The normalized spacial score (nSPS) is 11.7. The molecule has 3 aromatic carbocycles. The highest BCUT2D eigenvalue weighted by atomic mass is 16.5. The van der Waals surface area contributed by atoms with Gasteiger partial charge in [-0.05, 0) is 54.8 Å². The summed E-state index contributed by atoms with van der Waals surface area (Å²) < 4.78 is 6.96. The lowest BCUT2D eigenvalue weighted by Gasteiger charge is -2.17. The smallest absolute Gasteiger partial charge is 0.408 e. The van der Waals surface area contributed by atoms with Gasteiger partial charge in [0.2, 0.25) is 5.91 Å². The third kappa shape index (κ3) is 5.24. The Hall–Kier alpha value is -4.17. The maximum absolute atomic E-state index is 12.8. The summed E-state index contributed by atoms with van der Waals surface area (Å²) in [4.78, 5) is 25.0. The second kappa shape index (κ2) is 10.2. The Morgan fingerprint density at radius 2 is 1.85 bits per heavy atom. The van der Waals surface area contributed by atoms with E-state index in [0.29, 0.717) is 5.69 Å². The van der Waals surface area contributed by atoms with Gasteiger partial charge in [-0.15, -0.1) is 0 Å². The van der Waals surface area contributed by atoms with E-state index < -0.39 is 24.6 Å². The van der Waals surface area contributed by atoms with Crippen LogP contribution in [0.15, 0.2) is 72.9 Å². The minimum atomic E-state index is -1.17. The number of aliphatic hydroxyl groups excluding tert-OH is 1. The molecule has 8 heteroatoms. The predicted molar refractivity (Wildman–Crippen MR) is 130 cm³/mol. The number of rotatable bonds is 7. The van der Waals surface area contributed by atoms with E-state index in [0.717, 1.165) is 33.3 Å². The highest BCUT2D eigenvalue weighted by molar-refractivity contribution is 5.99. The van der Waals surface area contributed by atoms with Gasteiger partial charge in [-0.25, -0.2) is 9.48 Å². The molecule has 8 nitrogen and oxygen atoms in total. The zero-order valence-corrected chi connectivity index (χ0v) is 19.0. The third-order valence-electron chi connectivity index (χ3n) is 5.42. The van der Waals surface area contributed by atoms with Gasteiger partial charge in [0.15, 0.2) is 0 Å². The first-order valence-corrected chi connectivity index (χ1v) is 10.9. The van der Waals surface area contributed by atoms with Crippen LogP contribution in [0.5, 0.6) is 0 Å². The molecule has 2 amide bonds. The summed E-state index contributed by atoms with van der Waals surface area (Å²) in [5, 5.41) is 20.3. The number of fused-ring (bicyclic) bond motifs is 1. The minimum Gasteiger partial charge on any atom is -0.445 e. The van der Waals surface area contributed by atoms with Crippen LogP contribution >= 0.6 is 0 Å². The van der Waals surface area contributed by atoms with E-state index in [2.05, 4.69) is 15.7 Å². The van der Waals surface area contributed by atoms with E-state index in [1.165, 1.54) is 0 Å². The second-order valence-corrected chi connectivity index (χ2v) is 8.05. The minimum absolute atomic E-state index is 0.0607. The van der Waals surface area contributed by atoms with E-state index in [1.807, 2.05) is 80.6 Å². The zero-order chi connectivity index (χ0) is 24.1. The largest absolute Gasteiger partial charge is 0.445 e. The summed E-state index contributed by atoms with van der Waals surface area (Å²) >= 11 is 0. The SMILES string of the molecule is Cc1cccc(-n2ncc3cc(C)c(NC(=O)[C@H](CO)NC(=O)OCc4ccccc4)cc32)c1. The average Bonchev–Trinajstić information content (AvgIpc) is 3.24. The molecule has 1 atom stereocenters. The van der Waals surface area contributed by atoms with E-state index in [1.54, 1.807) is 10.9 Å². The number of benzene rings is 3. The van der Waals surface area contributed by atoms with Gasteiger partial charge in [0, 0.05) is 11.1 Å². The molecule has 4 rings (SSSR count). The Balaban J connectivity index is 1.48. The van der Waals surface area contributed by atoms with E-state index in [-0.39, 0.29) is 6.61 Å². The van der Waals surface area contributed by atoms with Crippen LogP contribution in [0.2, 0.25) is 0 Å². The molecule has 1 aromatic heterocycles. The zero-order valence-electron chi connectivity index (χ0n) is 19.0. The molecular weight excluding hydrogens is 432 g/mol. The van der Waals surface area contributed by atoms with Crippen LogP contribution in [-0.2, 0) is 16.1 Å². The number of nitrogens with one attached hydrogen (secondary N) is 2. The number of aromatic nitrogens is 2. The van der Waals surface area contributed by atoms with E-state index in [9.17, 15) is 14.7 Å². The second-order valence-electron chi connectivity index (χ2n) is 8.05. The molecule has 0 aliphatic rings. The number of carbonyl (C=O) groups excluding carboxylic acids is 2.